The highest BCUT2D eigenvalue weighted by atomic mass is 35.5. The van der Waals surface area contributed by atoms with Crippen LogP contribution in [0.15, 0.2) is 107 Å². The van der Waals surface area contributed by atoms with Crippen LogP contribution >= 0.6 is 23.4 Å². The minimum atomic E-state index is -1.18. The second kappa shape index (κ2) is 19.6. The zero-order valence-electron chi connectivity index (χ0n) is 31.3. The first-order valence-electron chi connectivity index (χ1n) is 19.1. The normalized spacial score (nSPS) is 20.3. The fourth-order valence-corrected chi connectivity index (χ4v) is 8.73. The molecule has 6 rings (SSSR count). The number of para-hydroxylation sites is 1. The number of benzene rings is 4. The van der Waals surface area contributed by atoms with Gasteiger partial charge in [0.1, 0.15) is 6.23 Å². The molecule has 0 aliphatic carbocycles. The van der Waals surface area contributed by atoms with Gasteiger partial charge in [0.05, 0.1) is 23.1 Å². The highest BCUT2D eigenvalue weighted by Crippen LogP contribution is 2.42. The number of unbranched alkanes of at least 4 members (excludes halogenated alkanes) is 1. The number of H-pyrrole nitrogens is 1. The molecule has 2 heterocycles. The van der Waals surface area contributed by atoms with Gasteiger partial charge in [-0.15, -0.1) is 0 Å². The van der Waals surface area contributed by atoms with Gasteiger partial charge < -0.3 is 37.5 Å². The van der Waals surface area contributed by atoms with Crippen LogP contribution in [0.4, 0.5) is 0 Å². The van der Waals surface area contributed by atoms with Crippen molar-refractivity contribution in [2.24, 2.45) is 11.5 Å². The average molecular weight is 782 g/mol. The lowest BCUT2D eigenvalue weighted by Crippen LogP contribution is -2.59. The number of nitrogens with one attached hydrogen (secondary N) is 4. The summed E-state index contributed by atoms with van der Waals surface area (Å²) in [4.78, 5) is 35.5. The molecule has 0 saturated carbocycles. The lowest BCUT2D eigenvalue weighted by atomic mass is 10.00. The number of aliphatic hydroxyl groups excluding tert-OH is 1. The second-order valence-electron chi connectivity index (χ2n) is 14.1. The summed E-state index contributed by atoms with van der Waals surface area (Å²) in [6.45, 7) is 1.56. The van der Waals surface area contributed by atoms with Crippen LogP contribution in [0.2, 0.25) is 5.02 Å². The van der Waals surface area contributed by atoms with Gasteiger partial charge in [-0.25, -0.2) is 0 Å². The van der Waals surface area contributed by atoms with E-state index in [-0.39, 0.29) is 18.4 Å². The first-order valence-corrected chi connectivity index (χ1v) is 20.3. The number of halogens is 1. The van der Waals surface area contributed by atoms with E-state index in [4.69, 9.17) is 23.1 Å². The summed E-state index contributed by atoms with van der Waals surface area (Å²) in [5.41, 5.74) is 17.4. The lowest BCUT2D eigenvalue weighted by molar-refractivity contribution is -0.133. The van der Waals surface area contributed by atoms with Crippen LogP contribution in [-0.2, 0) is 29.1 Å². The zero-order valence-corrected chi connectivity index (χ0v) is 32.8. The third kappa shape index (κ3) is 9.98. The molecule has 10 nitrogen and oxygen atoms in total. The molecule has 0 radical (unpaired) electrons. The van der Waals surface area contributed by atoms with E-state index in [9.17, 15) is 14.7 Å². The van der Waals surface area contributed by atoms with E-state index in [0.717, 1.165) is 54.9 Å². The summed E-state index contributed by atoms with van der Waals surface area (Å²) in [5, 5.41) is 23.6. The molecule has 2 amide bonds. The molecule has 0 bridgehead atoms. The minimum Gasteiger partial charge on any atom is -0.376 e. The number of aromatic amines is 1. The van der Waals surface area contributed by atoms with Crippen molar-refractivity contribution in [3.05, 3.63) is 119 Å². The van der Waals surface area contributed by atoms with Crippen molar-refractivity contribution >= 4 is 46.1 Å². The third-order valence-electron chi connectivity index (χ3n) is 10.4. The molecule has 4 aromatic carbocycles. The van der Waals surface area contributed by atoms with Crippen molar-refractivity contribution in [2.75, 3.05) is 20.1 Å². The predicted octanol–water partition coefficient (Wildman–Crippen LogP) is 5.94. The van der Waals surface area contributed by atoms with E-state index >= 15 is 0 Å². The first kappa shape index (κ1) is 40.5. The Hall–Kier alpha value is -4.20. The topological polar surface area (TPSA) is 162 Å². The summed E-state index contributed by atoms with van der Waals surface area (Å²) >= 11 is 8.85. The van der Waals surface area contributed by atoms with Gasteiger partial charge in [-0.1, -0.05) is 109 Å². The van der Waals surface area contributed by atoms with Crippen LogP contribution in [0.5, 0.6) is 0 Å². The van der Waals surface area contributed by atoms with Crippen molar-refractivity contribution in [1.29, 1.82) is 0 Å². The highest BCUT2D eigenvalue weighted by molar-refractivity contribution is 7.99. The molecule has 1 aliphatic heterocycles. The van der Waals surface area contributed by atoms with E-state index in [0.29, 0.717) is 56.8 Å². The molecule has 0 spiro atoms. The quantitative estimate of drug-likeness (QED) is 0.0858. The molecule has 0 saturated heterocycles. The summed E-state index contributed by atoms with van der Waals surface area (Å²) in [5.74, 6) is -0.489. The second-order valence-corrected chi connectivity index (χ2v) is 15.6. The monoisotopic (exact) mass is 781 g/mol. The molecular weight excluding hydrogens is 730 g/mol. The minimum absolute atomic E-state index is 0.211. The molecular formula is C43H52ClN7O3S. The van der Waals surface area contributed by atoms with Gasteiger partial charge in [0.25, 0.3) is 0 Å². The molecule has 1 aromatic heterocycles. The molecule has 12 heteroatoms. The van der Waals surface area contributed by atoms with Crippen molar-refractivity contribution in [1.82, 2.24) is 25.8 Å². The van der Waals surface area contributed by atoms with E-state index in [1.165, 1.54) is 0 Å². The molecule has 1 unspecified atom stereocenters. The Balaban J connectivity index is 1.43. The predicted molar refractivity (Wildman–Crippen MR) is 223 cm³/mol. The van der Waals surface area contributed by atoms with E-state index in [2.05, 4.69) is 27.0 Å². The lowest BCUT2D eigenvalue weighted by Gasteiger charge is -2.36. The van der Waals surface area contributed by atoms with Gasteiger partial charge in [0.2, 0.25) is 11.8 Å². The maximum Gasteiger partial charge on any atom is 0.238 e. The summed E-state index contributed by atoms with van der Waals surface area (Å²) in [7, 11) is 1.74. The summed E-state index contributed by atoms with van der Waals surface area (Å²) in [6.07, 6.45) is 4.12. The fourth-order valence-electron chi connectivity index (χ4n) is 7.21. The third-order valence-corrected chi connectivity index (χ3v) is 12.2. The van der Waals surface area contributed by atoms with Crippen LogP contribution in [0.1, 0.15) is 48.8 Å². The number of aliphatic hydroxyl groups is 1. The summed E-state index contributed by atoms with van der Waals surface area (Å²) < 4.78 is 0. The van der Waals surface area contributed by atoms with Crippen LogP contribution in [-0.4, -0.2) is 71.3 Å². The number of hydrogen-bond acceptors (Lipinski definition) is 8. The van der Waals surface area contributed by atoms with Crippen LogP contribution in [0.3, 0.4) is 0 Å². The van der Waals surface area contributed by atoms with Gasteiger partial charge in [-0.3, -0.25) is 14.5 Å². The molecule has 9 N–H and O–H groups in total. The first-order chi connectivity index (χ1) is 26.8. The smallest absolute Gasteiger partial charge is 0.238 e. The Labute approximate surface area is 332 Å². The maximum atomic E-state index is 14.5. The van der Waals surface area contributed by atoms with Crippen molar-refractivity contribution in [3.63, 3.8) is 0 Å². The molecule has 5 aromatic rings. The number of amides is 2. The number of aromatic nitrogens is 1. The molecule has 290 valence electrons. The molecule has 55 heavy (non-hydrogen) atoms. The number of nitrogens with two attached hydrogens (primary N) is 2. The van der Waals surface area contributed by atoms with Gasteiger partial charge in [-0.05, 0) is 86.6 Å². The van der Waals surface area contributed by atoms with Gasteiger partial charge in [0, 0.05) is 45.5 Å². The Bertz CT molecular complexity index is 2040. The fraction of sp³-hybridized carbons (Fsp3) is 0.349. The van der Waals surface area contributed by atoms with Crippen molar-refractivity contribution in [3.8, 4) is 11.1 Å². The van der Waals surface area contributed by atoms with Gasteiger partial charge in [0.15, 0.2) is 0 Å². The van der Waals surface area contributed by atoms with E-state index in [1.807, 2.05) is 91.1 Å². The number of carbonyl (C=O) groups is 2. The van der Waals surface area contributed by atoms with Crippen LogP contribution in [0, 0.1) is 0 Å². The Morgan fingerprint density at radius 3 is 2.38 bits per heavy atom. The van der Waals surface area contributed by atoms with Crippen LogP contribution < -0.4 is 27.4 Å². The zero-order chi connectivity index (χ0) is 38.7. The number of nitrogens with zero attached hydrogens (tertiary/aromatic N) is 1. The van der Waals surface area contributed by atoms with Crippen LogP contribution in [0.25, 0.3) is 22.0 Å². The Kier molecular flexibility index (Phi) is 14.4. The number of carbonyl (C=O) groups excluding carboxylic acids is 2. The number of likely N-dealkylation sites (N-methyl/N-ethyl adjacent to an activating group) is 1. The van der Waals surface area contributed by atoms with Crippen molar-refractivity contribution < 1.29 is 14.7 Å². The van der Waals surface area contributed by atoms with Gasteiger partial charge in [-0.2, -0.15) is 0 Å². The number of hydrogen-bond donors (Lipinski definition) is 7. The average Bonchev–Trinajstić information content (AvgIpc) is 3.62. The van der Waals surface area contributed by atoms with E-state index in [1.54, 1.807) is 23.7 Å². The Morgan fingerprint density at radius 1 is 0.836 bits per heavy atom. The highest BCUT2D eigenvalue weighted by Gasteiger charge is 2.35. The maximum absolute atomic E-state index is 14.5. The summed E-state index contributed by atoms with van der Waals surface area (Å²) in [6, 6.07) is 28.0. The van der Waals surface area contributed by atoms with Crippen molar-refractivity contribution in [2.45, 2.75) is 85.8 Å². The SMILES string of the molecule is CN1C(O)[C@H](CCCCN)NC(=O)[C@H](CCCN)NCc2ccccc2Sc2c(ccc(-c3ccccc3)c2Cl)CNC(=O)[C@@H]1Cc1c[nH]c2ccccc12. The number of rotatable bonds is 10. The molecule has 0 fully saturated rings. The standard InChI is InChI=1S/C43H52ClN7O3S/c1-51-37(24-31-27-47-34-16-7-6-15-32(31)34)42(53)49-26-30-20-21-33(28-12-3-2-4-13-28)39(44)40(30)55-38-19-8-5-14-29(38)25-48-35(18-11-23-46)41(52)50-36(43(51)54)17-9-10-22-45/h2-8,12-16,19-21,27,35-37,43,47-48,54H,9-11,17-18,22-26,45-46H2,1H3,(H,49,53)(H,50,52)/t35-,36-,37-,43?/m0/s1. The van der Waals surface area contributed by atoms with E-state index < -0.39 is 24.4 Å². The number of fused-ring (bicyclic) bond motifs is 3. The Morgan fingerprint density at radius 2 is 1.58 bits per heavy atom. The molecule has 4 atom stereocenters. The van der Waals surface area contributed by atoms with Gasteiger partial charge >= 0.3 is 0 Å². The molecule has 1 aliphatic rings. The largest absolute Gasteiger partial charge is 0.376 e.